The van der Waals surface area contributed by atoms with Crippen LogP contribution in [-0.4, -0.2) is 44.5 Å². The largest absolute Gasteiger partial charge is 0.494 e. The van der Waals surface area contributed by atoms with Crippen LogP contribution in [0.15, 0.2) is 236 Å². The van der Waals surface area contributed by atoms with Gasteiger partial charge in [-0.25, -0.2) is 9.59 Å². The number of benzene rings is 14. The van der Waals surface area contributed by atoms with Crippen LogP contribution in [0.3, 0.4) is 0 Å². The van der Waals surface area contributed by atoms with Crippen LogP contribution < -0.4 is 5.46 Å². The molecule has 2 aromatic heterocycles. The summed E-state index contributed by atoms with van der Waals surface area (Å²) in [7, 11) is 2.37. The molecule has 11 heteroatoms. The minimum absolute atomic E-state index is 0.297. The van der Waals surface area contributed by atoms with Crippen molar-refractivity contribution in [3.63, 3.8) is 0 Å². The first-order valence-electron chi connectivity index (χ1n) is 29.9. The van der Waals surface area contributed by atoms with Crippen molar-refractivity contribution < 1.29 is 37.2 Å². The highest BCUT2D eigenvalue weighted by molar-refractivity contribution is 9.10. The molecule has 0 N–H and O–H groups in total. The summed E-state index contributed by atoms with van der Waals surface area (Å²) in [6, 6.07) is 76.1. The van der Waals surface area contributed by atoms with Crippen molar-refractivity contribution >= 4 is 186 Å². The first-order chi connectivity index (χ1) is 43.6. The van der Waals surface area contributed by atoms with E-state index in [-0.39, 0.29) is 23.1 Å². The first kappa shape index (κ1) is 57.1. The second-order valence-electron chi connectivity index (χ2n) is 24.2. The van der Waals surface area contributed by atoms with Crippen molar-refractivity contribution in [1.82, 2.24) is 0 Å². The monoisotopic (exact) mass is 1300 g/mol. The van der Waals surface area contributed by atoms with Gasteiger partial charge in [0.15, 0.2) is 0 Å². The van der Waals surface area contributed by atoms with E-state index in [1.165, 1.54) is 100 Å². The topological polar surface area (TPSA) is 97.3 Å². The molecule has 1 saturated heterocycles. The van der Waals surface area contributed by atoms with Crippen molar-refractivity contribution in [3.05, 3.63) is 244 Å². The minimum Gasteiger partial charge on any atom is -0.465 e. The van der Waals surface area contributed by atoms with E-state index in [9.17, 15) is 9.59 Å². The van der Waals surface area contributed by atoms with Crippen molar-refractivity contribution in [3.8, 4) is 11.1 Å². The predicted molar refractivity (Wildman–Crippen MR) is 378 cm³/mol. The third-order valence-corrected chi connectivity index (χ3v) is 19.5. The molecule has 0 saturated carbocycles. The Kier molecular flexibility index (Phi) is 14.0. The standard InChI is InChI=1S/C36H21BrO3.C34H27BO3.C9H9BrO2/c1-39-36(38)32-17-22(37)12-14-23(32)21-11-15-33-29(16-21)30-18-28-26-9-5-4-8-25(26)27-13-10-20-6-2-3-7-24(20)35(27)31(28)19-34(30)40-33;1-33(2)34(3,4)38-35(37-33)21-14-16-30-27(17-21)28-18-26-24-12-8-7-11-23(24)25-15-13-20-9-5-6-10-22(20)32(25)29(26)19-31(28)36-30;1-6-3-4-7(10)5-8(6)9(11)12-2/h2-19H,1H3;5-19H,1-4H3;3-5H,1-2H3. The second-order valence-corrected chi connectivity index (χ2v) is 26.0. The number of carbonyl (C=O) groups is 2. The normalized spacial score (nSPS) is 13.8. The molecule has 14 aromatic carbocycles. The van der Waals surface area contributed by atoms with Gasteiger partial charge in [-0.3, -0.25) is 0 Å². The Hall–Kier alpha value is -9.36. The fourth-order valence-corrected chi connectivity index (χ4v) is 14.0. The molecule has 0 spiro atoms. The summed E-state index contributed by atoms with van der Waals surface area (Å²) in [6.45, 7) is 10.2. The zero-order valence-electron chi connectivity index (χ0n) is 50.4. The van der Waals surface area contributed by atoms with Crippen LogP contribution in [0.5, 0.6) is 0 Å². The first-order valence-corrected chi connectivity index (χ1v) is 31.5. The lowest BCUT2D eigenvalue weighted by Gasteiger charge is -2.32. The van der Waals surface area contributed by atoms with E-state index in [1.807, 2.05) is 49.4 Å². The van der Waals surface area contributed by atoms with E-state index in [0.29, 0.717) is 11.1 Å². The molecule has 16 aromatic rings. The average Bonchev–Trinajstić information content (AvgIpc) is 0.889. The number of hydrogen-bond donors (Lipinski definition) is 0. The van der Waals surface area contributed by atoms with E-state index >= 15 is 0 Å². The molecule has 17 rings (SSSR count). The van der Waals surface area contributed by atoms with Gasteiger partial charge in [0.1, 0.15) is 22.3 Å². The molecule has 0 unspecified atom stereocenters. The summed E-state index contributed by atoms with van der Waals surface area (Å²) < 4.78 is 37.0. The molecule has 0 aliphatic carbocycles. The number of hydrogen-bond acceptors (Lipinski definition) is 8. The Labute approximate surface area is 535 Å². The Bertz CT molecular complexity index is 5690. The summed E-state index contributed by atoms with van der Waals surface area (Å²) in [5, 5.41) is 24.0. The van der Waals surface area contributed by atoms with E-state index in [1.54, 1.807) is 12.1 Å². The van der Waals surface area contributed by atoms with E-state index < -0.39 is 7.12 Å². The quantitative estimate of drug-likeness (QED) is 0.0977. The number of methoxy groups -OCH3 is 2. The van der Waals surface area contributed by atoms with Crippen molar-refractivity contribution in [2.75, 3.05) is 14.2 Å². The van der Waals surface area contributed by atoms with Gasteiger partial charge in [-0.05, 0) is 210 Å². The van der Waals surface area contributed by atoms with E-state index in [0.717, 1.165) is 75.0 Å². The van der Waals surface area contributed by atoms with Crippen LogP contribution in [0.1, 0.15) is 54.0 Å². The molecule has 438 valence electrons. The third kappa shape index (κ3) is 9.48. The lowest BCUT2D eigenvalue weighted by atomic mass is 9.78. The van der Waals surface area contributed by atoms with Gasteiger partial charge in [0.05, 0.1) is 36.5 Å². The zero-order valence-corrected chi connectivity index (χ0v) is 53.6. The predicted octanol–water partition coefficient (Wildman–Crippen LogP) is 21.5. The Morgan fingerprint density at radius 3 is 1.33 bits per heavy atom. The lowest BCUT2D eigenvalue weighted by Crippen LogP contribution is -2.41. The van der Waals surface area contributed by atoms with Gasteiger partial charge in [-0.15, -0.1) is 0 Å². The number of halogens is 2. The van der Waals surface area contributed by atoms with Crippen molar-refractivity contribution in [1.29, 1.82) is 0 Å². The molecule has 3 heterocycles. The Morgan fingerprint density at radius 1 is 0.378 bits per heavy atom. The highest BCUT2D eigenvalue weighted by Crippen LogP contribution is 2.46. The average molecular weight is 1300 g/mol. The number of carbonyl (C=O) groups excluding carboxylic acids is 2. The van der Waals surface area contributed by atoms with Crippen LogP contribution in [0.2, 0.25) is 0 Å². The van der Waals surface area contributed by atoms with E-state index in [2.05, 4.69) is 228 Å². The molecular weight excluding hydrogens is 1250 g/mol. The van der Waals surface area contributed by atoms with Crippen LogP contribution in [-0.2, 0) is 18.8 Å². The van der Waals surface area contributed by atoms with Crippen LogP contribution >= 0.6 is 31.9 Å². The van der Waals surface area contributed by atoms with Crippen LogP contribution in [0, 0.1) is 6.92 Å². The molecule has 8 nitrogen and oxygen atoms in total. The molecule has 0 bridgehead atoms. The van der Waals surface area contributed by atoms with Gasteiger partial charge >= 0.3 is 19.1 Å². The maximum atomic E-state index is 12.6. The molecule has 0 amide bonds. The lowest BCUT2D eigenvalue weighted by molar-refractivity contribution is 0.00578. The Balaban J connectivity index is 0.000000127. The molecule has 1 fully saturated rings. The number of rotatable bonds is 4. The van der Waals surface area contributed by atoms with Gasteiger partial charge in [0.25, 0.3) is 0 Å². The molecule has 1 aliphatic heterocycles. The van der Waals surface area contributed by atoms with E-state index in [4.69, 9.17) is 22.9 Å². The summed E-state index contributed by atoms with van der Waals surface area (Å²) in [5.41, 5.74) is 7.43. The number of furan rings is 2. The number of esters is 2. The zero-order chi connectivity index (χ0) is 61.9. The summed E-state index contributed by atoms with van der Waals surface area (Å²) in [5.74, 6) is -0.668. The fraction of sp³-hybridized carbons (Fsp3) is 0.114. The van der Waals surface area contributed by atoms with Gasteiger partial charge in [-0.2, -0.15) is 0 Å². The maximum absolute atomic E-state index is 12.6. The highest BCUT2D eigenvalue weighted by Gasteiger charge is 2.51. The second kappa shape index (κ2) is 22.0. The summed E-state index contributed by atoms with van der Waals surface area (Å²) in [6.07, 6.45) is 0. The molecule has 0 atom stereocenters. The van der Waals surface area contributed by atoms with Gasteiger partial charge in [0, 0.05) is 30.5 Å². The van der Waals surface area contributed by atoms with Crippen LogP contribution in [0.4, 0.5) is 0 Å². The summed E-state index contributed by atoms with van der Waals surface area (Å²) >= 11 is 6.77. The molecule has 90 heavy (non-hydrogen) atoms. The van der Waals surface area contributed by atoms with Crippen molar-refractivity contribution in [2.45, 2.75) is 45.8 Å². The van der Waals surface area contributed by atoms with Crippen LogP contribution in [0.25, 0.3) is 141 Å². The van der Waals surface area contributed by atoms with Crippen molar-refractivity contribution in [2.24, 2.45) is 0 Å². The number of aryl methyl sites for hydroxylation is 1. The highest BCUT2D eigenvalue weighted by atomic mass is 79.9. The maximum Gasteiger partial charge on any atom is 0.494 e. The number of fused-ring (bicyclic) bond motifs is 22. The third-order valence-electron chi connectivity index (χ3n) is 18.5. The smallest absolute Gasteiger partial charge is 0.465 e. The molecule has 0 radical (unpaired) electrons. The Morgan fingerprint density at radius 2 is 0.811 bits per heavy atom. The van der Waals surface area contributed by atoms with Gasteiger partial charge < -0.3 is 27.6 Å². The number of ether oxygens (including phenoxy) is 2. The molecule has 1 aliphatic rings. The SMILES string of the molecule is CC1(C)OB(c2ccc3oc4cc5c(cc4c3c2)c2ccccc2c2ccc3ccccc3c25)OC1(C)C.COC(=O)c1cc(Br)ccc1-c1ccc2oc3cc4c(cc3c2c1)c1ccccc1c1ccc2ccccc2c14.COC(=O)c1cc(Br)ccc1C. The minimum atomic E-state index is -0.411. The fourth-order valence-electron chi connectivity index (χ4n) is 13.3. The van der Waals surface area contributed by atoms with Gasteiger partial charge in [0.2, 0.25) is 0 Å². The van der Waals surface area contributed by atoms with Gasteiger partial charge in [-0.1, -0.05) is 184 Å². The summed E-state index contributed by atoms with van der Waals surface area (Å²) in [4.78, 5) is 23.7. The molecular formula is C79H57BBr2O8.